The van der Waals surface area contributed by atoms with Gasteiger partial charge in [0, 0.05) is 12.8 Å². The van der Waals surface area contributed by atoms with Crippen molar-refractivity contribution in [3.63, 3.8) is 0 Å². The molecule has 0 spiro atoms. The number of likely N-dealkylation sites (N-methyl/N-ethyl adjacent to an activating group) is 1. The number of H-pyrrole nitrogens is 1. The lowest BCUT2D eigenvalue weighted by Gasteiger charge is -2.12. The van der Waals surface area contributed by atoms with Gasteiger partial charge >= 0.3 is 11.7 Å². The molecule has 0 aromatic carbocycles. The number of aromatic amines is 1. The van der Waals surface area contributed by atoms with E-state index in [2.05, 4.69) is 20.3 Å². The summed E-state index contributed by atoms with van der Waals surface area (Å²) >= 11 is 1.41. The molecule has 0 radical (unpaired) electrons. The summed E-state index contributed by atoms with van der Waals surface area (Å²) < 4.78 is 6.07. The number of ether oxygens (including phenoxy) is 1. The van der Waals surface area contributed by atoms with Crippen LogP contribution in [0.1, 0.15) is 6.42 Å². The molecule has 1 aromatic heterocycles. The highest BCUT2D eigenvalue weighted by atomic mass is 32.2. The number of methoxy groups -OCH3 is 1. The lowest BCUT2D eigenvalue weighted by atomic mass is 10.2. The third-order valence-electron chi connectivity index (χ3n) is 2.31. The predicted octanol–water partition coefficient (Wildman–Crippen LogP) is -0.648. The zero-order valence-electron chi connectivity index (χ0n) is 10.0. The standard InChI is InChI=1S/C9H16N4O3S/c1-10-6(7(14)16-3)4-5-17-9-12-11-8(15)13(9)2/h6,10H,4-5H2,1-3H3,(H,11,15). The minimum absolute atomic E-state index is 0.245. The van der Waals surface area contributed by atoms with Gasteiger partial charge in [-0.1, -0.05) is 11.8 Å². The molecule has 2 N–H and O–H groups in total. The summed E-state index contributed by atoms with van der Waals surface area (Å²) in [6, 6.07) is -0.330. The minimum atomic E-state index is -0.330. The first-order valence-corrected chi connectivity index (χ1v) is 6.08. The summed E-state index contributed by atoms with van der Waals surface area (Å²) in [7, 11) is 4.71. The van der Waals surface area contributed by atoms with Crippen molar-refractivity contribution in [2.75, 3.05) is 19.9 Å². The van der Waals surface area contributed by atoms with E-state index in [0.29, 0.717) is 17.3 Å². The van der Waals surface area contributed by atoms with Crippen LogP contribution in [-0.2, 0) is 16.6 Å². The second-order valence-electron chi connectivity index (χ2n) is 3.37. The lowest BCUT2D eigenvalue weighted by Crippen LogP contribution is -2.35. The number of carbonyl (C=O) groups excluding carboxylic acids is 1. The summed E-state index contributed by atoms with van der Waals surface area (Å²) in [5.74, 6) is 0.377. The molecule has 0 amide bonds. The van der Waals surface area contributed by atoms with Crippen molar-refractivity contribution in [3.8, 4) is 0 Å². The van der Waals surface area contributed by atoms with Gasteiger partial charge in [-0.2, -0.15) is 0 Å². The van der Waals surface area contributed by atoms with Gasteiger partial charge in [0.25, 0.3) is 0 Å². The van der Waals surface area contributed by atoms with E-state index >= 15 is 0 Å². The fourth-order valence-corrected chi connectivity index (χ4v) is 2.17. The van der Waals surface area contributed by atoms with Crippen LogP contribution < -0.4 is 11.0 Å². The summed E-state index contributed by atoms with van der Waals surface area (Å²) in [6.45, 7) is 0. The number of nitrogens with zero attached hydrogens (tertiary/aromatic N) is 2. The Morgan fingerprint density at radius 1 is 1.71 bits per heavy atom. The largest absolute Gasteiger partial charge is 0.468 e. The Bertz CT molecular complexity index is 428. The van der Waals surface area contributed by atoms with Gasteiger partial charge in [0.2, 0.25) is 0 Å². The average Bonchev–Trinajstić information content (AvgIpc) is 2.65. The first kappa shape index (κ1) is 13.8. The smallest absolute Gasteiger partial charge is 0.343 e. The molecule has 8 heteroatoms. The molecule has 0 aliphatic carbocycles. The number of nitrogens with one attached hydrogen (secondary N) is 2. The van der Waals surface area contributed by atoms with Crippen molar-refractivity contribution >= 4 is 17.7 Å². The van der Waals surface area contributed by atoms with Crippen molar-refractivity contribution in [2.24, 2.45) is 7.05 Å². The molecule has 0 aliphatic heterocycles. The fraction of sp³-hybridized carbons (Fsp3) is 0.667. The van der Waals surface area contributed by atoms with Gasteiger partial charge in [-0.15, -0.1) is 5.10 Å². The molecule has 1 atom stereocenters. The van der Waals surface area contributed by atoms with E-state index in [0.717, 1.165) is 0 Å². The van der Waals surface area contributed by atoms with E-state index in [4.69, 9.17) is 0 Å². The Balaban J connectivity index is 2.44. The van der Waals surface area contributed by atoms with E-state index in [1.54, 1.807) is 14.1 Å². The normalized spacial score (nSPS) is 12.4. The zero-order valence-corrected chi connectivity index (χ0v) is 10.8. The van der Waals surface area contributed by atoms with Crippen LogP contribution in [0.5, 0.6) is 0 Å². The van der Waals surface area contributed by atoms with Crippen LogP contribution >= 0.6 is 11.8 Å². The van der Waals surface area contributed by atoms with Crippen molar-refractivity contribution in [1.29, 1.82) is 0 Å². The van der Waals surface area contributed by atoms with Crippen LogP contribution in [0.25, 0.3) is 0 Å². The van der Waals surface area contributed by atoms with E-state index in [9.17, 15) is 9.59 Å². The Morgan fingerprint density at radius 2 is 2.41 bits per heavy atom. The molecule has 7 nitrogen and oxygen atoms in total. The molecule has 1 rings (SSSR count). The minimum Gasteiger partial charge on any atom is -0.468 e. The molecule has 0 saturated heterocycles. The zero-order chi connectivity index (χ0) is 12.8. The van der Waals surface area contributed by atoms with Crippen LogP contribution in [0.2, 0.25) is 0 Å². The van der Waals surface area contributed by atoms with Gasteiger partial charge in [-0.25, -0.2) is 9.89 Å². The van der Waals surface area contributed by atoms with Crippen LogP contribution in [0.3, 0.4) is 0 Å². The molecule has 0 aliphatic rings. The van der Waals surface area contributed by atoms with Crippen molar-refractivity contribution in [3.05, 3.63) is 10.5 Å². The number of thioether (sulfide) groups is 1. The van der Waals surface area contributed by atoms with Crippen LogP contribution in [0.4, 0.5) is 0 Å². The van der Waals surface area contributed by atoms with Gasteiger partial charge in [0.15, 0.2) is 5.16 Å². The number of hydrogen-bond acceptors (Lipinski definition) is 6. The molecule has 1 heterocycles. The maximum atomic E-state index is 11.3. The molecule has 1 unspecified atom stereocenters. The van der Waals surface area contributed by atoms with Gasteiger partial charge in [0.05, 0.1) is 7.11 Å². The molecule has 0 bridgehead atoms. The first-order valence-electron chi connectivity index (χ1n) is 5.09. The monoisotopic (exact) mass is 260 g/mol. The summed E-state index contributed by atoms with van der Waals surface area (Å²) in [5, 5.41) is 9.69. The Hall–Kier alpha value is -1.28. The number of carbonyl (C=O) groups is 1. The van der Waals surface area contributed by atoms with Gasteiger partial charge in [-0.05, 0) is 13.5 Å². The second kappa shape index (κ2) is 6.45. The summed E-state index contributed by atoms with van der Waals surface area (Å²) in [5.41, 5.74) is -0.245. The third-order valence-corrected chi connectivity index (χ3v) is 3.37. The van der Waals surface area contributed by atoms with Crippen LogP contribution in [-0.4, -0.2) is 46.7 Å². The molecular formula is C9H16N4O3S. The SMILES string of the molecule is CNC(CCSc1n[nH]c(=O)n1C)C(=O)OC. The summed E-state index contributed by atoms with van der Waals surface area (Å²) in [6.07, 6.45) is 0.606. The molecular weight excluding hydrogens is 244 g/mol. The maximum absolute atomic E-state index is 11.3. The quantitative estimate of drug-likeness (QED) is 0.522. The highest BCUT2D eigenvalue weighted by molar-refractivity contribution is 7.99. The Morgan fingerprint density at radius 3 is 2.88 bits per heavy atom. The van der Waals surface area contributed by atoms with Gasteiger partial charge in [-0.3, -0.25) is 9.36 Å². The van der Waals surface area contributed by atoms with E-state index in [-0.39, 0.29) is 17.7 Å². The van der Waals surface area contributed by atoms with Crippen molar-refractivity contribution < 1.29 is 9.53 Å². The topological polar surface area (TPSA) is 89.0 Å². The Kier molecular flexibility index (Phi) is 5.23. The van der Waals surface area contributed by atoms with Gasteiger partial charge in [0.1, 0.15) is 6.04 Å². The number of rotatable bonds is 6. The highest BCUT2D eigenvalue weighted by Crippen LogP contribution is 2.14. The molecule has 96 valence electrons. The molecule has 1 aromatic rings. The lowest BCUT2D eigenvalue weighted by molar-refractivity contribution is -0.143. The van der Waals surface area contributed by atoms with Crippen molar-refractivity contribution in [1.82, 2.24) is 20.1 Å². The Labute approximate surface area is 103 Å². The number of aromatic nitrogens is 3. The van der Waals surface area contributed by atoms with Crippen LogP contribution in [0, 0.1) is 0 Å². The van der Waals surface area contributed by atoms with E-state index in [1.165, 1.54) is 23.4 Å². The van der Waals surface area contributed by atoms with Crippen molar-refractivity contribution in [2.45, 2.75) is 17.6 Å². The predicted molar refractivity (Wildman–Crippen MR) is 64.0 cm³/mol. The molecule has 17 heavy (non-hydrogen) atoms. The van der Waals surface area contributed by atoms with E-state index < -0.39 is 0 Å². The first-order chi connectivity index (χ1) is 8.10. The summed E-state index contributed by atoms with van der Waals surface area (Å²) in [4.78, 5) is 22.4. The maximum Gasteiger partial charge on any atom is 0.343 e. The average molecular weight is 260 g/mol. The second-order valence-corrected chi connectivity index (χ2v) is 4.43. The molecule has 0 saturated carbocycles. The van der Waals surface area contributed by atoms with E-state index in [1.807, 2.05) is 0 Å². The van der Waals surface area contributed by atoms with Crippen LogP contribution in [0.15, 0.2) is 9.95 Å². The fourth-order valence-electron chi connectivity index (χ4n) is 1.25. The highest BCUT2D eigenvalue weighted by Gasteiger charge is 2.16. The number of esters is 1. The molecule has 0 fully saturated rings. The number of hydrogen-bond donors (Lipinski definition) is 2. The van der Waals surface area contributed by atoms with Gasteiger partial charge < -0.3 is 10.1 Å². The third kappa shape index (κ3) is 3.60.